The van der Waals surface area contributed by atoms with Crippen LogP contribution in [0.2, 0.25) is 0 Å². The molecule has 0 aliphatic carbocycles. The highest BCUT2D eigenvalue weighted by Crippen LogP contribution is 2.24. The number of nitrogens with one attached hydrogen (secondary N) is 1. The molecule has 0 radical (unpaired) electrons. The van der Waals surface area contributed by atoms with Crippen LogP contribution < -0.4 is 10.2 Å². The first kappa shape index (κ1) is 13.6. The fourth-order valence-corrected chi connectivity index (χ4v) is 1.77. The molecule has 2 N–H and O–H groups in total. The molecule has 0 unspecified atom stereocenters. The van der Waals surface area contributed by atoms with Gasteiger partial charge >= 0.3 is 12.0 Å². The summed E-state index contributed by atoms with van der Waals surface area (Å²) >= 11 is 0. The lowest BCUT2D eigenvalue weighted by molar-refractivity contribution is -0.135. The molecule has 2 aromatic carbocycles. The van der Waals surface area contributed by atoms with Crippen LogP contribution in [-0.4, -0.2) is 23.7 Å². The van der Waals surface area contributed by atoms with Gasteiger partial charge in [0.25, 0.3) is 0 Å². The number of anilines is 2. The number of amides is 2. The maximum Gasteiger partial charge on any atom is 0.326 e. The number of para-hydroxylation sites is 2. The smallest absolute Gasteiger partial charge is 0.326 e. The van der Waals surface area contributed by atoms with Gasteiger partial charge in [-0.25, -0.2) is 4.79 Å². The van der Waals surface area contributed by atoms with Crippen LogP contribution in [-0.2, 0) is 4.79 Å². The van der Waals surface area contributed by atoms with E-state index < -0.39 is 18.5 Å². The molecule has 0 aliphatic rings. The minimum atomic E-state index is -1.08. The minimum absolute atomic E-state index is 0.422. The van der Waals surface area contributed by atoms with Crippen LogP contribution in [0.5, 0.6) is 0 Å². The maximum absolute atomic E-state index is 12.2. The Morgan fingerprint density at radius 1 is 0.900 bits per heavy atom. The van der Waals surface area contributed by atoms with E-state index in [1.165, 1.54) is 4.90 Å². The van der Waals surface area contributed by atoms with Gasteiger partial charge in [-0.05, 0) is 24.3 Å². The van der Waals surface area contributed by atoms with Gasteiger partial charge in [-0.15, -0.1) is 0 Å². The normalized spacial score (nSPS) is 9.80. The fraction of sp³-hybridized carbons (Fsp3) is 0.0667. The third-order valence-electron chi connectivity index (χ3n) is 2.62. The zero-order valence-electron chi connectivity index (χ0n) is 10.7. The van der Waals surface area contributed by atoms with Crippen molar-refractivity contribution in [3.63, 3.8) is 0 Å². The monoisotopic (exact) mass is 270 g/mol. The van der Waals surface area contributed by atoms with Gasteiger partial charge in [0.1, 0.15) is 6.54 Å². The second kappa shape index (κ2) is 6.38. The van der Waals surface area contributed by atoms with Crippen LogP contribution in [0.1, 0.15) is 0 Å². The molecule has 0 heterocycles. The molecule has 0 spiro atoms. The van der Waals surface area contributed by atoms with Crippen molar-refractivity contribution in [2.24, 2.45) is 0 Å². The molecular weight excluding hydrogens is 256 g/mol. The summed E-state index contributed by atoms with van der Waals surface area (Å²) in [5.74, 6) is -1.08. The van der Waals surface area contributed by atoms with Gasteiger partial charge in [0.05, 0.1) is 11.4 Å². The predicted molar refractivity (Wildman–Crippen MR) is 76.1 cm³/mol. The van der Waals surface area contributed by atoms with Gasteiger partial charge in [0, 0.05) is 0 Å². The Morgan fingerprint density at radius 3 is 1.75 bits per heavy atom. The number of carboxylic acids is 1. The third-order valence-corrected chi connectivity index (χ3v) is 2.62. The second-order valence-electron chi connectivity index (χ2n) is 4.06. The average molecular weight is 270 g/mol. The number of urea groups is 1. The van der Waals surface area contributed by atoms with E-state index in [0.29, 0.717) is 11.4 Å². The van der Waals surface area contributed by atoms with Crippen LogP contribution in [0.15, 0.2) is 60.7 Å². The Hall–Kier alpha value is -2.82. The van der Waals surface area contributed by atoms with Gasteiger partial charge in [-0.1, -0.05) is 36.4 Å². The molecule has 0 saturated carbocycles. The van der Waals surface area contributed by atoms with E-state index in [9.17, 15) is 9.59 Å². The molecule has 5 heteroatoms. The summed E-state index contributed by atoms with van der Waals surface area (Å²) in [5.41, 5.74) is 1.34. The van der Waals surface area contributed by atoms with Crippen LogP contribution in [0, 0.1) is 0 Å². The van der Waals surface area contributed by atoms with E-state index in [1.54, 1.807) is 24.3 Å². The van der Waals surface area contributed by atoms with E-state index in [0.717, 1.165) is 0 Å². The molecule has 0 bridgehead atoms. The minimum Gasteiger partial charge on any atom is -0.480 e. The Balaban J connectivity index is 2.30. The van der Waals surface area contributed by atoms with E-state index in [4.69, 9.17) is 5.11 Å². The molecule has 102 valence electrons. The molecule has 0 fully saturated rings. The average Bonchev–Trinajstić information content (AvgIpc) is 2.48. The number of hydrogen-bond acceptors (Lipinski definition) is 2. The first-order valence-electron chi connectivity index (χ1n) is 6.08. The molecule has 0 saturated heterocycles. The number of carboxylic acid groups (broad SMARTS) is 1. The summed E-state index contributed by atoms with van der Waals surface area (Å²) in [6.07, 6.45) is 0. The highest BCUT2D eigenvalue weighted by molar-refractivity contribution is 6.00. The Labute approximate surface area is 116 Å². The van der Waals surface area contributed by atoms with E-state index in [2.05, 4.69) is 5.32 Å². The highest BCUT2D eigenvalue weighted by Gasteiger charge is 2.17. The topological polar surface area (TPSA) is 69.6 Å². The molecular formula is C15H14N2O3. The van der Waals surface area contributed by atoms with Crippen molar-refractivity contribution in [1.29, 1.82) is 0 Å². The molecule has 2 aromatic rings. The van der Waals surface area contributed by atoms with Crippen molar-refractivity contribution in [1.82, 2.24) is 5.32 Å². The Kier molecular flexibility index (Phi) is 4.34. The third kappa shape index (κ3) is 3.35. The van der Waals surface area contributed by atoms with E-state index >= 15 is 0 Å². The number of benzene rings is 2. The summed E-state index contributed by atoms with van der Waals surface area (Å²) in [4.78, 5) is 24.2. The first-order chi connectivity index (χ1) is 9.68. The lowest BCUT2D eigenvalue weighted by Crippen LogP contribution is -2.39. The SMILES string of the molecule is O=C(O)CNC(=O)N(c1ccccc1)c1ccccc1. The van der Waals surface area contributed by atoms with Crippen LogP contribution in [0.4, 0.5) is 16.2 Å². The lowest BCUT2D eigenvalue weighted by atomic mass is 10.2. The van der Waals surface area contributed by atoms with Crippen molar-refractivity contribution in [2.75, 3.05) is 11.4 Å². The Morgan fingerprint density at radius 2 is 1.35 bits per heavy atom. The van der Waals surface area contributed by atoms with Gasteiger partial charge in [-0.2, -0.15) is 0 Å². The van der Waals surface area contributed by atoms with Crippen LogP contribution >= 0.6 is 0 Å². The number of aliphatic carboxylic acids is 1. The summed E-state index contributed by atoms with van der Waals surface area (Å²) in [6.45, 7) is -0.422. The quantitative estimate of drug-likeness (QED) is 0.897. The number of carbonyl (C=O) groups is 2. The Bertz CT molecular complexity index is 545. The van der Waals surface area contributed by atoms with Gasteiger partial charge in [0.15, 0.2) is 0 Å². The van der Waals surface area contributed by atoms with Gasteiger partial charge in [-0.3, -0.25) is 9.69 Å². The molecule has 0 aliphatic heterocycles. The van der Waals surface area contributed by atoms with Gasteiger partial charge in [0.2, 0.25) is 0 Å². The molecule has 2 rings (SSSR count). The van der Waals surface area contributed by atoms with Gasteiger partial charge < -0.3 is 10.4 Å². The fourth-order valence-electron chi connectivity index (χ4n) is 1.77. The summed E-state index contributed by atoms with van der Waals surface area (Å²) < 4.78 is 0. The molecule has 5 nitrogen and oxygen atoms in total. The van der Waals surface area contributed by atoms with Crippen molar-refractivity contribution in [2.45, 2.75) is 0 Å². The molecule has 20 heavy (non-hydrogen) atoms. The van der Waals surface area contributed by atoms with E-state index in [-0.39, 0.29) is 0 Å². The molecule has 0 atom stereocenters. The lowest BCUT2D eigenvalue weighted by Gasteiger charge is -2.22. The first-order valence-corrected chi connectivity index (χ1v) is 6.08. The summed E-state index contributed by atoms with van der Waals surface area (Å²) in [5, 5.41) is 11.0. The number of hydrogen-bond donors (Lipinski definition) is 2. The summed E-state index contributed by atoms with van der Waals surface area (Å²) in [7, 11) is 0. The number of nitrogens with zero attached hydrogens (tertiary/aromatic N) is 1. The van der Waals surface area contributed by atoms with Crippen molar-refractivity contribution in [3.05, 3.63) is 60.7 Å². The molecule has 2 amide bonds. The van der Waals surface area contributed by atoms with Crippen LogP contribution in [0.25, 0.3) is 0 Å². The zero-order chi connectivity index (χ0) is 14.4. The predicted octanol–water partition coefficient (Wildman–Crippen LogP) is 2.62. The highest BCUT2D eigenvalue weighted by atomic mass is 16.4. The number of rotatable bonds is 4. The van der Waals surface area contributed by atoms with E-state index in [1.807, 2.05) is 36.4 Å². The van der Waals surface area contributed by atoms with Crippen molar-refractivity contribution in [3.8, 4) is 0 Å². The summed E-state index contributed by atoms with van der Waals surface area (Å²) in [6, 6.07) is 17.6. The second-order valence-corrected chi connectivity index (χ2v) is 4.06. The maximum atomic E-state index is 12.2. The standard InChI is InChI=1S/C15H14N2O3/c18-14(19)11-16-15(20)17(12-7-3-1-4-8-12)13-9-5-2-6-10-13/h1-10H,11H2,(H,16,20)(H,18,19). The number of carbonyl (C=O) groups excluding carboxylic acids is 1. The molecule has 0 aromatic heterocycles. The zero-order valence-corrected chi connectivity index (χ0v) is 10.7. The van der Waals surface area contributed by atoms with Crippen molar-refractivity contribution >= 4 is 23.4 Å². The van der Waals surface area contributed by atoms with Crippen molar-refractivity contribution < 1.29 is 14.7 Å². The largest absolute Gasteiger partial charge is 0.480 e. The van der Waals surface area contributed by atoms with Crippen LogP contribution in [0.3, 0.4) is 0 Å².